The fraction of sp³-hybridized carbons (Fsp3) is 0.385. The smallest absolute Gasteiger partial charge is 0.264 e. The first kappa shape index (κ1) is 11.1. The lowest BCUT2D eigenvalue weighted by molar-refractivity contribution is -0.122. The summed E-state index contributed by atoms with van der Waals surface area (Å²) in [5.74, 6) is -0.428. The van der Waals surface area contributed by atoms with Crippen LogP contribution in [-0.2, 0) is 9.59 Å². The Labute approximate surface area is 105 Å². The van der Waals surface area contributed by atoms with Gasteiger partial charge in [-0.15, -0.1) is 0 Å². The molecule has 1 atom stereocenters. The van der Waals surface area contributed by atoms with E-state index in [-0.39, 0.29) is 18.2 Å². The molecule has 0 unspecified atom stereocenters. The van der Waals surface area contributed by atoms with E-state index in [2.05, 4.69) is 10.2 Å². The van der Waals surface area contributed by atoms with Crippen molar-refractivity contribution in [1.82, 2.24) is 0 Å². The van der Waals surface area contributed by atoms with Crippen LogP contribution in [0.4, 0.5) is 5.69 Å². The van der Waals surface area contributed by atoms with Gasteiger partial charge in [0.2, 0.25) is 5.91 Å². The maximum Gasteiger partial charge on any atom is 0.264 e. The molecular formula is C13H13N3O2. The molecule has 1 spiro atoms. The Bertz CT molecular complexity index is 550. The summed E-state index contributed by atoms with van der Waals surface area (Å²) < 4.78 is 0. The van der Waals surface area contributed by atoms with Crippen LogP contribution in [-0.4, -0.2) is 23.9 Å². The molecule has 92 valence electrons. The zero-order valence-corrected chi connectivity index (χ0v) is 10.1. The molecule has 1 aromatic carbocycles. The third-order valence-electron chi connectivity index (χ3n) is 3.47. The molecule has 18 heavy (non-hydrogen) atoms. The molecule has 1 aromatic rings. The van der Waals surface area contributed by atoms with Gasteiger partial charge in [-0.05, 0) is 19.1 Å². The molecule has 2 heterocycles. The average molecular weight is 243 g/mol. The molecule has 2 aliphatic rings. The highest BCUT2D eigenvalue weighted by molar-refractivity contribution is 6.24. The Kier molecular flexibility index (Phi) is 2.29. The van der Waals surface area contributed by atoms with Crippen LogP contribution in [0.3, 0.4) is 0 Å². The number of hydrogen-bond acceptors (Lipinski definition) is 4. The van der Waals surface area contributed by atoms with Crippen LogP contribution in [0.1, 0.15) is 18.4 Å². The van der Waals surface area contributed by atoms with Crippen LogP contribution < -0.4 is 4.90 Å². The minimum absolute atomic E-state index is 0.142. The summed E-state index contributed by atoms with van der Waals surface area (Å²) in [4.78, 5) is 25.7. The van der Waals surface area contributed by atoms with Crippen LogP contribution in [0.2, 0.25) is 0 Å². The highest BCUT2D eigenvalue weighted by Gasteiger charge is 2.54. The quantitative estimate of drug-likeness (QED) is 0.707. The molecule has 0 bridgehead atoms. The molecule has 5 heteroatoms. The van der Waals surface area contributed by atoms with Crippen molar-refractivity contribution in [2.45, 2.75) is 25.3 Å². The van der Waals surface area contributed by atoms with E-state index in [1.165, 1.54) is 4.90 Å². The fourth-order valence-electron chi connectivity index (χ4n) is 2.43. The molecule has 0 aliphatic carbocycles. The van der Waals surface area contributed by atoms with Gasteiger partial charge in [-0.1, -0.05) is 17.7 Å². The molecule has 0 aromatic heterocycles. The average Bonchev–Trinajstić information content (AvgIpc) is 2.89. The third kappa shape index (κ3) is 1.47. The molecule has 0 N–H and O–H groups in total. The molecule has 0 saturated carbocycles. The van der Waals surface area contributed by atoms with Gasteiger partial charge in [0.15, 0.2) is 5.54 Å². The van der Waals surface area contributed by atoms with Gasteiger partial charge < -0.3 is 0 Å². The molecule has 5 nitrogen and oxygen atoms in total. The standard InChI is InChI=1S/C13H13N3O2/c1-9-2-4-10(5-3-9)16-11(17)8-13(12(16)18)6-7-14-15-13/h2-5H,6-8H2,1H3/t13-/m1/s1. The van der Waals surface area contributed by atoms with Gasteiger partial charge in [-0.3, -0.25) is 9.59 Å². The summed E-state index contributed by atoms with van der Waals surface area (Å²) in [6, 6.07) is 7.35. The van der Waals surface area contributed by atoms with Crippen LogP contribution in [0.25, 0.3) is 0 Å². The first-order chi connectivity index (χ1) is 8.62. The maximum absolute atomic E-state index is 12.4. The fourth-order valence-corrected chi connectivity index (χ4v) is 2.43. The summed E-state index contributed by atoms with van der Waals surface area (Å²) in [7, 11) is 0. The number of imide groups is 1. The van der Waals surface area contributed by atoms with E-state index in [1.807, 2.05) is 19.1 Å². The van der Waals surface area contributed by atoms with Crippen molar-refractivity contribution in [3.63, 3.8) is 0 Å². The molecule has 1 saturated heterocycles. The van der Waals surface area contributed by atoms with Gasteiger partial charge >= 0.3 is 0 Å². The van der Waals surface area contributed by atoms with Crippen molar-refractivity contribution in [2.24, 2.45) is 10.2 Å². The highest BCUT2D eigenvalue weighted by Crippen LogP contribution is 2.37. The zero-order valence-electron chi connectivity index (χ0n) is 10.1. The minimum atomic E-state index is -0.915. The molecule has 2 amide bonds. The maximum atomic E-state index is 12.4. The number of benzene rings is 1. The SMILES string of the molecule is Cc1ccc(N2C(=O)C[C@]3(CCN=N3)C2=O)cc1. The molecule has 2 aliphatic heterocycles. The monoisotopic (exact) mass is 243 g/mol. The Balaban J connectivity index is 1.98. The van der Waals surface area contributed by atoms with Crippen molar-refractivity contribution in [2.75, 3.05) is 11.4 Å². The van der Waals surface area contributed by atoms with Gasteiger partial charge in [0, 0.05) is 6.42 Å². The number of carbonyl (C=O) groups excluding carboxylic acids is 2. The van der Waals surface area contributed by atoms with Gasteiger partial charge in [0.05, 0.1) is 18.7 Å². The molecule has 3 rings (SSSR count). The van der Waals surface area contributed by atoms with Gasteiger partial charge in [-0.2, -0.15) is 10.2 Å². The van der Waals surface area contributed by atoms with Gasteiger partial charge in [0.25, 0.3) is 5.91 Å². The van der Waals surface area contributed by atoms with E-state index in [0.717, 1.165) is 5.56 Å². The predicted octanol–water partition coefficient (Wildman–Crippen LogP) is 1.85. The lowest BCUT2D eigenvalue weighted by Gasteiger charge is -2.17. The summed E-state index contributed by atoms with van der Waals surface area (Å²) >= 11 is 0. The van der Waals surface area contributed by atoms with Gasteiger partial charge in [0.1, 0.15) is 0 Å². The third-order valence-corrected chi connectivity index (χ3v) is 3.47. The zero-order chi connectivity index (χ0) is 12.8. The normalized spacial score (nSPS) is 26.6. The highest BCUT2D eigenvalue weighted by atomic mass is 16.2. The summed E-state index contributed by atoms with van der Waals surface area (Å²) in [5.41, 5.74) is 0.796. The number of nitrogens with zero attached hydrogens (tertiary/aromatic N) is 3. The molecule has 1 fully saturated rings. The molecular weight excluding hydrogens is 230 g/mol. The van der Waals surface area contributed by atoms with Crippen LogP contribution >= 0.6 is 0 Å². The second-order valence-corrected chi connectivity index (χ2v) is 4.79. The number of azo groups is 1. The summed E-state index contributed by atoms with van der Waals surface area (Å²) in [6.45, 7) is 2.49. The Morgan fingerprint density at radius 1 is 1.22 bits per heavy atom. The van der Waals surface area contributed by atoms with E-state index in [4.69, 9.17) is 0 Å². The van der Waals surface area contributed by atoms with E-state index < -0.39 is 5.54 Å². The van der Waals surface area contributed by atoms with Crippen LogP contribution in [0.15, 0.2) is 34.5 Å². The number of hydrogen-bond donors (Lipinski definition) is 0. The van der Waals surface area contributed by atoms with E-state index >= 15 is 0 Å². The van der Waals surface area contributed by atoms with E-state index in [9.17, 15) is 9.59 Å². The Morgan fingerprint density at radius 3 is 2.56 bits per heavy atom. The number of carbonyl (C=O) groups is 2. The lowest BCUT2D eigenvalue weighted by Crippen LogP contribution is -2.38. The predicted molar refractivity (Wildman–Crippen MR) is 65.4 cm³/mol. The first-order valence-electron chi connectivity index (χ1n) is 5.95. The van der Waals surface area contributed by atoms with Gasteiger partial charge in [-0.25, -0.2) is 4.90 Å². The number of amides is 2. The largest absolute Gasteiger partial charge is 0.274 e. The van der Waals surface area contributed by atoms with Crippen molar-refractivity contribution in [1.29, 1.82) is 0 Å². The first-order valence-corrected chi connectivity index (χ1v) is 5.95. The van der Waals surface area contributed by atoms with E-state index in [1.54, 1.807) is 12.1 Å². The minimum Gasteiger partial charge on any atom is -0.274 e. The summed E-state index contributed by atoms with van der Waals surface area (Å²) in [6.07, 6.45) is 0.684. The second-order valence-electron chi connectivity index (χ2n) is 4.79. The van der Waals surface area contributed by atoms with Crippen molar-refractivity contribution in [3.05, 3.63) is 29.8 Å². The van der Waals surface area contributed by atoms with Crippen molar-refractivity contribution < 1.29 is 9.59 Å². The van der Waals surface area contributed by atoms with Crippen LogP contribution in [0.5, 0.6) is 0 Å². The number of anilines is 1. The second kappa shape index (κ2) is 3.73. The van der Waals surface area contributed by atoms with Crippen molar-refractivity contribution in [3.8, 4) is 0 Å². The topological polar surface area (TPSA) is 62.1 Å². The lowest BCUT2D eigenvalue weighted by atomic mass is 9.96. The molecule has 0 radical (unpaired) electrons. The van der Waals surface area contributed by atoms with Crippen molar-refractivity contribution >= 4 is 17.5 Å². The van der Waals surface area contributed by atoms with E-state index in [0.29, 0.717) is 18.7 Å². The Morgan fingerprint density at radius 2 is 1.94 bits per heavy atom. The van der Waals surface area contributed by atoms with Crippen LogP contribution in [0, 0.1) is 6.92 Å². The Hall–Kier alpha value is -2.04. The number of aryl methyl sites for hydroxylation is 1. The number of rotatable bonds is 1. The summed E-state index contributed by atoms with van der Waals surface area (Å²) in [5, 5.41) is 7.88.